The van der Waals surface area contributed by atoms with E-state index in [1.165, 1.54) is 20.8 Å². The molecule has 2 heterocycles. The molecule has 18 atom stereocenters. The van der Waals surface area contributed by atoms with Crippen LogP contribution in [0.25, 0.3) is 0 Å². The Morgan fingerprint density at radius 2 is 1.19 bits per heavy atom. The maximum absolute atomic E-state index is 11.3. The monoisotopic (exact) mass is 710 g/mol. The molecule has 0 spiro atoms. The molecule has 20 nitrogen and oxygen atoms in total. The summed E-state index contributed by atoms with van der Waals surface area (Å²) in [6, 6.07) is 0. The van der Waals surface area contributed by atoms with Crippen LogP contribution in [0, 0.1) is 0 Å². The molecule has 0 radical (unpaired) electrons. The number of rotatable bonds is 21. The molecule has 2 fully saturated rings. The van der Waals surface area contributed by atoms with E-state index in [0.29, 0.717) is 0 Å². The van der Waals surface area contributed by atoms with Crippen LogP contribution in [0.2, 0.25) is 0 Å². The van der Waals surface area contributed by atoms with Gasteiger partial charge in [0.25, 0.3) is 0 Å². The first-order chi connectivity index (χ1) is 22.7. The second kappa shape index (κ2) is 20.9. The highest BCUT2D eigenvalue weighted by atomic mass is 16.8. The summed E-state index contributed by atoms with van der Waals surface area (Å²) in [4.78, 5) is 0. The lowest BCUT2D eigenvalue weighted by molar-refractivity contribution is -0.375. The summed E-state index contributed by atoms with van der Waals surface area (Å²) in [5, 5.41) is 122. The quantitative estimate of drug-likeness (QED) is 0.0493. The molecule has 12 N–H and O–H groups in total. The van der Waals surface area contributed by atoms with Gasteiger partial charge in [-0.05, 0) is 27.7 Å². The van der Waals surface area contributed by atoms with E-state index < -0.39 is 144 Å². The summed E-state index contributed by atoms with van der Waals surface area (Å²) in [5.74, 6) is 0. The van der Waals surface area contributed by atoms with Gasteiger partial charge < -0.3 is 99.2 Å². The highest BCUT2D eigenvalue weighted by Crippen LogP contribution is 2.32. The van der Waals surface area contributed by atoms with Crippen molar-refractivity contribution in [3.63, 3.8) is 0 Å². The van der Waals surface area contributed by atoms with E-state index in [4.69, 9.17) is 37.9 Å². The van der Waals surface area contributed by atoms with Crippen molar-refractivity contribution in [3.05, 3.63) is 0 Å². The summed E-state index contributed by atoms with van der Waals surface area (Å²) in [7, 11) is 0. The van der Waals surface area contributed by atoms with E-state index in [2.05, 4.69) is 0 Å². The molecular weight excluding hydrogens is 656 g/mol. The minimum absolute atomic E-state index is 0.138. The van der Waals surface area contributed by atoms with Crippen molar-refractivity contribution in [2.75, 3.05) is 39.6 Å². The Labute approximate surface area is 277 Å². The Morgan fingerprint density at radius 1 is 0.646 bits per heavy atom. The standard InChI is InChI=1S/C28H54O20/c1-5-41-27-21(39)23(19(37)12(3)42-27)48-28-22(40)24(20(38)18(10-33)46-28)47-26(45-17(9-32)15(36)7-30)13(4)43-25(11(2)34)44-16(8-31)14(35)6-29/h11-40H,5-10H2,1-4H3/t11-,12?,13-,14+,15+,16?,17?,18?,19+,20-,21+,22-,23?,24?,25+,26+,27-,28+/m1/s1. The van der Waals surface area contributed by atoms with Crippen LogP contribution >= 0.6 is 0 Å². The van der Waals surface area contributed by atoms with Crippen molar-refractivity contribution in [1.82, 2.24) is 0 Å². The van der Waals surface area contributed by atoms with Crippen LogP contribution in [0.4, 0.5) is 0 Å². The molecule has 6 unspecified atom stereocenters. The van der Waals surface area contributed by atoms with E-state index in [-0.39, 0.29) is 6.61 Å². The molecule has 2 aliphatic rings. The van der Waals surface area contributed by atoms with Crippen LogP contribution < -0.4 is 0 Å². The average Bonchev–Trinajstić information content (AvgIpc) is 3.07. The summed E-state index contributed by atoms with van der Waals surface area (Å²) in [6.45, 7) is 1.62. The highest BCUT2D eigenvalue weighted by molar-refractivity contribution is 4.94. The van der Waals surface area contributed by atoms with Gasteiger partial charge >= 0.3 is 0 Å². The van der Waals surface area contributed by atoms with Crippen molar-refractivity contribution < 1.29 is 99.2 Å². The average molecular weight is 711 g/mol. The largest absolute Gasteiger partial charge is 0.394 e. The van der Waals surface area contributed by atoms with Gasteiger partial charge in [-0.2, -0.15) is 0 Å². The Morgan fingerprint density at radius 3 is 1.67 bits per heavy atom. The maximum Gasteiger partial charge on any atom is 0.187 e. The van der Waals surface area contributed by atoms with Crippen molar-refractivity contribution in [2.45, 2.75) is 138 Å². The smallest absolute Gasteiger partial charge is 0.187 e. The number of hydrogen-bond acceptors (Lipinski definition) is 20. The summed E-state index contributed by atoms with van der Waals surface area (Å²) in [5.41, 5.74) is 0. The van der Waals surface area contributed by atoms with E-state index >= 15 is 0 Å². The van der Waals surface area contributed by atoms with Gasteiger partial charge in [-0.15, -0.1) is 0 Å². The van der Waals surface area contributed by atoms with Crippen molar-refractivity contribution in [1.29, 1.82) is 0 Å². The zero-order valence-corrected chi connectivity index (χ0v) is 27.3. The van der Waals surface area contributed by atoms with E-state index in [9.17, 15) is 61.3 Å². The zero-order chi connectivity index (χ0) is 36.3. The van der Waals surface area contributed by atoms with Gasteiger partial charge in [-0.3, -0.25) is 0 Å². The van der Waals surface area contributed by atoms with Crippen molar-refractivity contribution >= 4 is 0 Å². The van der Waals surface area contributed by atoms with Gasteiger partial charge in [-0.25, -0.2) is 0 Å². The fraction of sp³-hybridized carbons (Fsp3) is 1.00. The summed E-state index contributed by atoms with van der Waals surface area (Å²) >= 11 is 0. The van der Waals surface area contributed by atoms with Crippen molar-refractivity contribution in [2.24, 2.45) is 0 Å². The second-order valence-electron chi connectivity index (χ2n) is 11.6. The molecular formula is C28H54O20. The first-order valence-electron chi connectivity index (χ1n) is 15.7. The molecule has 0 aliphatic carbocycles. The van der Waals surface area contributed by atoms with Gasteiger partial charge in [0.2, 0.25) is 0 Å². The predicted octanol–water partition coefficient (Wildman–Crippen LogP) is -6.40. The lowest BCUT2D eigenvalue weighted by atomic mass is 9.97. The summed E-state index contributed by atoms with van der Waals surface area (Å²) in [6.07, 6.45) is -27.9. The fourth-order valence-electron chi connectivity index (χ4n) is 4.97. The predicted molar refractivity (Wildman–Crippen MR) is 155 cm³/mol. The molecule has 2 aliphatic heterocycles. The van der Waals surface area contributed by atoms with Crippen LogP contribution in [-0.2, 0) is 37.9 Å². The highest BCUT2D eigenvalue weighted by Gasteiger charge is 2.52. The Hall–Kier alpha value is -0.800. The maximum atomic E-state index is 11.3. The third-order valence-corrected chi connectivity index (χ3v) is 7.85. The molecule has 0 aromatic heterocycles. The normalized spacial score (nSPS) is 36.5. The molecule has 0 aromatic carbocycles. The molecule has 0 amide bonds. The lowest BCUT2D eigenvalue weighted by Gasteiger charge is -2.47. The topological polar surface area (TPSA) is 317 Å². The van der Waals surface area contributed by atoms with Gasteiger partial charge in [-0.1, -0.05) is 0 Å². The van der Waals surface area contributed by atoms with Crippen LogP contribution in [-0.4, -0.2) is 212 Å². The third kappa shape index (κ3) is 11.4. The fourth-order valence-corrected chi connectivity index (χ4v) is 4.97. The molecule has 0 bridgehead atoms. The van der Waals surface area contributed by atoms with Crippen molar-refractivity contribution in [3.8, 4) is 0 Å². The molecule has 0 aromatic rings. The van der Waals surface area contributed by atoms with Gasteiger partial charge in [0, 0.05) is 6.61 Å². The van der Waals surface area contributed by atoms with E-state index in [1.54, 1.807) is 6.92 Å². The number of aliphatic hydroxyl groups excluding tert-OH is 12. The third-order valence-electron chi connectivity index (χ3n) is 7.85. The van der Waals surface area contributed by atoms with Gasteiger partial charge in [0.1, 0.15) is 79.4 Å². The molecule has 20 heteroatoms. The van der Waals surface area contributed by atoms with Crippen LogP contribution in [0.3, 0.4) is 0 Å². The molecule has 2 saturated heterocycles. The number of ether oxygens (including phenoxy) is 8. The van der Waals surface area contributed by atoms with Crippen LogP contribution in [0.1, 0.15) is 27.7 Å². The molecule has 48 heavy (non-hydrogen) atoms. The Balaban J connectivity index is 2.40. The van der Waals surface area contributed by atoms with Crippen LogP contribution in [0.15, 0.2) is 0 Å². The Kier molecular flexibility index (Phi) is 18.9. The van der Waals surface area contributed by atoms with E-state index in [1.807, 2.05) is 0 Å². The first-order valence-corrected chi connectivity index (χ1v) is 15.7. The van der Waals surface area contributed by atoms with Crippen LogP contribution in [0.5, 0.6) is 0 Å². The van der Waals surface area contributed by atoms with Gasteiger partial charge in [0.15, 0.2) is 25.2 Å². The van der Waals surface area contributed by atoms with Gasteiger partial charge in [0.05, 0.1) is 39.1 Å². The van der Waals surface area contributed by atoms with E-state index in [0.717, 1.165) is 0 Å². The Bertz CT molecular complexity index is 873. The SMILES string of the molecule is CCO[C@@H]1OC(C)[C@H](O)C(O[C@@H]2OC(CO)[C@@H](O)C(O[C@H](OC(CO)[C@@H](O)CO)[C@@H](C)O[C@@H](OC(CO)[C@@H](O)CO)[C@@H](C)O)[C@H]2O)[C@@H]1O. The molecule has 2 rings (SSSR count). The first kappa shape index (κ1) is 43.4. The number of hydrogen-bond donors (Lipinski definition) is 12. The minimum Gasteiger partial charge on any atom is -0.394 e. The number of aliphatic hydroxyl groups is 12. The molecule has 0 saturated carbocycles. The zero-order valence-electron chi connectivity index (χ0n) is 27.3. The minimum atomic E-state index is -1.94. The summed E-state index contributed by atoms with van der Waals surface area (Å²) < 4.78 is 44.9. The molecule has 286 valence electrons. The second-order valence-corrected chi connectivity index (χ2v) is 11.6. The lowest BCUT2D eigenvalue weighted by Crippen LogP contribution is -2.65.